The molecule has 1 aromatic heterocycles. The first-order valence-electron chi connectivity index (χ1n) is 9.45. The zero-order chi connectivity index (χ0) is 19.3. The van der Waals surface area contributed by atoms with Gasteiger partial charge in [-0.3, -0.25) is 14.7 Å². The van der Waals surface area contributed by atoms with Gasteiger partial charge in [0.05, 0.1) is 6.04 Å². The van der Waals surface area contributed by atoms with Crippen LogP contribution in [0.1, 0.15) is 33.1 Å². The number of carbonyl (C=O) groups excluding carboxylic acids is 1. The molecule has 0 aliphatic carbocycles. The molecule has 5 heteroatoms. The van der Waals surface area contributed by atoms with E-state index in [-0.39, 0.29) is 11.9 Å². The smallest absolute Gasteiger partial charge is 0.251 e. The predicted molar refractivity (Wildman–Crippen MR) is 114 cm³/mol. The third-order valence-electron chi connectivity index (χ3n) is 5.21. The number of aromatic nitrogens is 1. The van der Waals surface area contributed by atoms with Crippen LogP contribution in [0.2, 0.25) is 0 Å². The Bertz CT molecular complexity index is 961. The standard InChI is InChI=1S/C23H22BrN3O/c24-21-9-3-7-18(13-21)23(28)26-15-22(19-8-4-11-25-14-19)27-12-10-17-5-1-2-6-20(17)16-27/h1-9,11,13-14,22H,10,12,15-16H2,(H,26,28). The summed E-state index contributed by atoms with van der Waals surface area (Å²) in [5, 5.41) is 3.12. The lowest BCUT2D eigenvalue weighted by atomic mass is 9.97. The monoisotopic (exact) mass is 435 g/mol. The fraction of sp³-hybridized carbons (Fsp3) is 0.217. The number of rotatable bonds is 5. The molecular weight excluding hydrogens is 414 g/mol. The first-order chi connectivity index (χ1) is 13.7. The van der Waals surface area contributed by atoms with Crippen LogP contribution in [0, 0.1) is 0 Å². The number of carbonyl (C=O) groups is 1. The molecule has 0 spiro atoms. The summed E-state index contributed by atoms with van der Waals surface area (Å²) in [5.41, 5.74) is 4.56. The van der Waals surface area contributed by atoms with Crippen molar-refractivity contribution in [1.29, 1.82) is 0 Å². The van der Waals surface area contributed by atoms with Gasteiger partial charge in [0.25, 0.3) is 5.91 Å². The molecule has 1 amide bonds. The number of benzene rings is 2. The Morgan fingerprint density at radius 1 is 1.11 bits per heavy atom. The molecule has 1 aliphatic heterocycles. The van der Waals surface area contributed by atoms with Crippen molar-refractivity contribution in [1.82, 2.24) is 15.2 Å². The summed E-state index contributed by atoms with van der Waals surface area (Å²) in [6, 6.07) is 20.2. The van der Waals surface area contributed by atoms with Crippen LogP contribution >= 0.6 is 15.9 Å². The van der Waals surface area contributed by atoms with Gasteiger partial charge in [-0.1, -0.05) is 52.3 Å². The minimum absolute atomic E-state index is 0.0624. The molecule has 142 valence electrons. The Kier molecular flexibility index (Phi) is 5.84. The molecule has 0 saturated carbocycles. The number of amides is 1. The van der Waals surface area contributed by atoms with Crippen molar-refractivity contribution in [3.63, 3.8) is 0 Å². The molecule has 3 aromatic rings. The summed E-state index contributed by atoms with van der Waals surface area (Å²) in [4.78, 5) is 19.4. The normalized spacial score (nSPS) is 14.9. The molecule has 1 aliphatic rings. The Morgan fingerprint density at radius 2 is 1.96 bits per heavy atom. The van der Waals surface area contributed by atoms with Gasteiger partial charge in [-0.05, 0) is 47.4 Å². The first kappa shape index (κ1) is 18.8. The maximum atomic E-state index is 12.6. The van der Waals surface area contributed by atoms with Crippen LogP contribution in [0.3, 0.4) is 0 Å². The van der Waals surface area contributed by atoms with Crippen LogP contribution in [-0.2, 0) is 13.0 Å². The largest absolute Gasteiger partial charge is 0.350 e. The van der Waals surface area contributed by atoms with Crippen LogP contribution in [0.5, 0.6) is 0 Å². The molecule has 0 radical (unpaired) electrons. The quantitative estimate of drug-likeness (QED) is 0.646. The van der Waals surface area contributed by atoms with E-state index in [9.17, 15) is 4.79 Å². The highest BCUT2D eigenvalue weighted by molar-refractivity contribution is 9.10. The van der Waals surface area contributed by atoms with E-state index < -0.39 is 0 Å². The second kappa shape index (κ2) is 8.67. The number of halogens is 1. The SMILES string of the molecule is O=C(NCC(c1cccnc1)N1CCc2ccccc2C1)c1cccc(Br)c1. The van der Waals surface area contributed by atoms with Gasteiger partial charge in [0.2, 0.25) is 0 Å². The van der Waals surface area contributed by atoms with Gasteiger partial charge in [-0.15, -0.1) is 0 Å². The molecule has 2 heterocycles. The highest BCUT2D eigenvalue weighted by Gasteiger charge is 2.25. The predicted octanol–water partition coefficient (Wildman–Crippen LogP) is 4.37. The van der Waals surface area contributed by atoms with Crippen LogP contribution in [0.15, 0.2) is 77.5 Å². The second-order valence-electron chi connectivity index (χ2n) is 7.01. The van der Waals surface area contributed by atoms with E-state index in [0.29, 0.717) is 12.1 Å². The highest BCUT2D eigenvalue weighted by atomic mass is 79.9. The molecule has 4 nitrogen and oxygen atoms in total. The van der Waals surface area contributed by atoms with E-state index in [1.807, 2.05) is 36.5 Å². The van der Waals surface area contributed by atoms with E-state index in [2.05, 4.69) is 61.5 Å². The Hall–Kier alpha value is -2.50. The third kappa shape index (κ3) is 4.32. The van der Waals surface area contributed by atoms with Crippen molar-refractivity contribution in [2.24, 2.45) is 0 Å². The Labute approximate surface area is 173 Å². The topological polar surface area (TPSA) is 45.2 Å². The number of nitrogens with zero attached hydrogens (tertiary/aromatic N) is 2. The van der Waals surface area contributed by atoms with Gasteiger partial charge in [-0.2, -0.15) is 0 Å². The maximum Gasteiger partial charge on any atom is 0.251 e. The fourth-order valence-electron chi connectivity index (χ4n) is 3.74. The van der Waals surface area contributed by atoms with Crippen molar-refractivity contribution < 1.29 is 4.79 Å². The van der Waals surface area contributed by atoms with Crippen LogP contribution < -0.4 is 5.32 Å². The van der Waals surface area contributed by atoms with Crippen molar-refractivity contribution >= 4 is 21.8 Å². The van der Waals surface area contributed by atoms with Crippen molar-refractivity contribution in [2.75, 3.05) is 13.1 Å². The lowest BCUT2D eigenvalue weighted by Crippen LogP contribution is -2.40. The average Bonchev–Trinajstić information content (AvgIpc) is 2.74. The van der Waals surface area contributed by atoms with E-state index in [0.717, 1.165) is 29.5 Å². The van der Waals surface area contributed by atoms with Crippen molar-refractivity contribution in [3.8, 4) is 0 Å². The molecule has 1 unspecified atom stereocenters. The molecule has 28 heavy (non-hydrogen) atoms. The summed E-state index contributed by atoms with van der Waals surface area (Å²) >= 11 is 3.43. The van der Waals surface area contributed by atoms with Gasteiger partial charge in [0.15, 0.2) is 0 Å². The van der Waals surface area contributed by atoms with Crippen LogP contribution in [0.4, 0.5) is 0 Å². The third-order valence-corrected chi connectivity index (χ3v) is 5.71. The highest BCUT2D eigenvalue weighted by Crippen LogP contribution is 2.27. The van der Waals surface area contributed by atoms with E-state index in [1.165, 1.54) is 11.1 Å². The molecule has 4 rings (SSSR count). The number of nitrogens with one attached hydrogen (secondary N) is 1. The van der Waals surface area contributed by atoms with Crippen molar-refractivity contribution in [2.45, 2.75) is 19.0 Å². The van der Waals surface area contributed by atoms with Gasteiger partial charge < -0.3 is 5.32 Å². The summed E-state index contributed by atoms with van der Waals surface area (Å²) in [7, 11) is 0. The fourth-order valence-corrected chi connectivity index (χ4v) is 4.13. The number of hydrogen-bond acceptors (Lipinski definition) is 3. The average molecular weight is 436 g/mol. The molecule has 0 saturated heterocycles. The first-order valence-corrected chi connectivity index (χ1v) is 10.2. The molecule has 0 bridgehead atoms. The van der Waals surface area contributed by atoms with Gasteiger partial charge in [0.1, 0.15) is 0 Å². The summed E-state index contributed by atoms with van der Waals surface area (Å²) in [6.45, 7) is 2.38. The van der Waals surface area contributed by atoms with Crippen molar-refractivity contribution in [3.05, 3.63) is 99.8 Å². The molecule has 1 atom stereocenters. The zero-order valence-electron chi connectivity index (χ0n) is 15.5. The molecule has 1 N–H and O–H groups in total. The number of pyridine rings is 1. The van der Waals surface area contributed by atoms with Gasteiger partial charge in [0, 0.05) is 42.1 Å². The van der Waals surface area contributed by atoms with Crippen LogP contribution in [-0.4, -0.2) is 28.9 Å². The van der Waals surface area contributed by atoms with E-state index in [4.69, 9.17) is 0 Å². The second-order valence-corrected chi connectivity index (χ2v) is 7.93. The summed E-state index contributed by atoms with van der Waals surface area (Å²) in [5.74, 6) is -0.0624. The Morgan fingerprint density at radius 3 is 2.75 bits per heavy atom. The van der Waals surface area contributed by atoms with Crippen LogP contribution in [0.25, 0.3) is 0 Å². The number of fused-ring (bicyclic) bond motifs is 1. The molecule has 2 aromatic carbocycles. The maximum absolute atomic E-state index is 12.6. The summed E-state index contributed by atoms with van der Waals surface area (Å²) < 4.78 is 0.900. The molecular formula is C23H22BrN3O. The van der Waals surface area contributed by atoms with E-state index >= 15 is 0 Å². The Balaban J connectivity index is 1.53. The lowest BCUT2D eigenvalue weighted by Gasteiger charge is -2.36. The number of hydrogen-bond donors (Lipinski definition) is 1. The van der Waals surface area contributed by atoms with Gasteiger partial charge >= 0.3 is 0 Å². The zero-order valence-corrected chi connectivity index (χ0v) is 17.1. The van der Waals surface area contributed by atoms with E-state index in [1.54, 1.807) is 6.20 Å². The minimum atomic E-state index is -0.0624. The lowest BCUT2D eigenvalue weighted by molar-refractivity contribution is 0.0927. The summed E-state index contributed by atoms with van der Waals surface area (Å²) in [6.07, 6.45) is 4.70. The molecule has 0 fully saturated rings. The van der Waals surface area contributed by atoms with Gasteiger partial charge in [-0.25, -0.2) is 0 Å². The minimum Gasteiger partial charge on any atom is -0.350 e.